The molecule has 1 fully saturated rings. The first-order valence-corrected chi connectivity index (χ1v) is 7.08. The van der Waals surface area contributed by atoms with Crippen LogP contribution in [-0.2, 0) is 0 Å². The van der Waals surface area contributed by atoms with Gasteiger partial charge in [-0.2, -0.15) is 0 Å². The molecule has 7 nitrogen and oxygen atoms in total. The highest BCUT2D eigenvalue weighted by molar-refractivity contribution is 5.94. The molecule has 0 spiro atoms. The van der Waals surface area contributed by atoms with Gasteiger partial charge in [0.1, 0.15) is 5.82 Å². The number of carbonyl (C=O) groups excluding carboxylic acids is 1. The molecule has 0 aliphatic carbocycles. The van der Waals surface area contributed by atoms with Gasteiger partial charge in [-0.05, 0) is 6.07 Å². The van der Waals surface area contributed by atoms with Gasteiger partial charge in [-0.1, -0.05) is 0 Å². The van der Waals surface area contributed by atoms with E-state index in [0.29, 0.717) is 24.5 Å². The maximum Gasteiger partial charge on any atom is 0.255 e. The lowest BCUT2D eigenvalue weighted by atomic mass is 10.2. The van der Waals surface area contributed by atoms with Crippen molar-refractivity contribution < 1.29 is 9.53 Å². The third-order valence-electron chi connectivity index (χ3n) is 3.63. The van der Waals surface area contributed by atoms with E-state index in [1.54, 1.807) is 44.0 Å². The minimum atomic E-state index is -0.00560. The molecule has 0 radical (unpaired) electrons. The highest BCUT2D eigenvalue weighted by atomic mass is 16.5. The van der Waals surface area contributed by atoms with Crippen LogP contribution in [-0.4, -0.2) is 59.0 Å². The number of carbonyl (C=O) groups is 1. The number of anilines is 1. The molecule has 0 atom stereocenters. The molecule has 3 rings (SSSR count). The highest BCUT2D eigenvalue weighted by Gasteiger charge is 2.23. The van der Waals surface area contributed by atoms with Crippen molar-refractivity contribution in [3.8, 4) is 5.88 Å². The number of methoxy groups -OCH3 is 1. The van der Waals surface area contributed by atoms with Gasteiger partial charge in [-0.15, -0.1) is 0 Å². The van der Waals surface area contributed by atoms with E-state index >= 15 is 0 Å². The lowest BCUT2D eigenvalue weighted by molar-refractivity contribution is 0.0746. The van der Waals surface area contributed by atoms with Crippen LogP contribution in [0.4, 0.5) is 5.82 Å². The smallest absolute Gasteiger partial charge is 0.255 e. The van der Waals surface area contributed by atoms with Crippen molar-refractivity contribution >= 4 is 11.7 Å². The maximum absolute atomic E-state index is 12.4. The van der Waals surface area contributed by atoms with E-state index in [4.69, 9.17) is 4.74 Å². The second-order valence-corrected chi connectivity index (χ2v) is 4.93. The quantitative estimate of drug-likeness (QED) is 0.836. The van der Waals surface area contributed by atoms with Gasteiger partial charge in [0.25, 0.3) is 5.91 Å². The summed E-state index contributed by atoms with van der Waals surface area (Å²) in [5, 5.41) is 0. The Hall–Kier alpha value is -2.70. The molecule has 2 aromatic rings. The third kappa shape index (κ3) is 2.98. The minimum absolute atomic E-state index is 0.00560. The van der Waals surface area contributed by atoms with Crippen LogP contribution in [0.1, 0.15) is 10.4 Å². The van der Waals surface area contributed by atoms with Crippen LogP contribution in [0, 0.1) is 0 Å². The fraction of sp³-hybridized carbons (Fsp3) is 0.333. The number of hydrogen-bond acceptors (Lipinski definition) is 6. The summed E-state index contributed by atoms with van der Waals surface area (Å²) in [4.78, 5) is 28.8. The summed E-state index contributed by atoms with van der Waals surface area (Å²) < 4.78 is 5.00. The van der Waals surface area contributed by atoms with Gasteiger partial charge in [0, 0.05) is 50.8 Å². The molecule has 0 bridgehead atoms. The average Bonchev–Trinajstić information content (AvgIpc) is 2.62. The van der Waals surface area contributed by atoms with Gasteiger partial charge < -0.3 is 14.5 Å². The van der Waals surface area contributed by atoms with Crippen molar-refractivity contribution in [2.45, 2.75) is 0 Å². The number of piperazine rings is 1. The van der Waals surface area contributed by atoms with Gasteiger partial charge >= 0.3 is 0 Å². The second-order valence-electron chi connectivity index (χ2n) is 4.93. The molecule has 1 aliphatic heterocycles. The van der Waals surface area contributed by atoms with Crippen molar-refractivity contribution in [1.29, 1.82) is 0 Å². The van der Waals surface area contributed by atoms with E-state index in [1.807, 2.05) is 4.90 Å². The number of pyridine rings is 1. The van der Waals surface area contributed by atoms with E-state index in [-0.39, 0.29) is 5.91 Å². The molecular weight excluding hydrogens is 282 g/mol. The van der Waals surface area contributed by atoms with Gasteiger partial charge in [-0.25, -0.2) is 9.97 Å². The summed E-state index contributed by atoms with van der Waals surface area (Å²) in [6.07, 6.45) is 6.62. The summed E-state index contributed by atoms with van der Waals surface area (Å²) in [5.74, 6) is 1.35. The molecule has 1 aliphatic rings. The first kappa shape index (κ1) is 14.2. The Morgan fingerprint density at radius 2 is 1.91 bits per heavy atom. The first-order valence-electron chi connectivity index (χ1n) is 7.08. The molecule has 0 N–H and O–H groups in total. The fourth-order valence-corrected chi connectivity index (χ4v) is 2.40. The zero-order valence-corrected chi connectivity index (χ0v) is 12.3. The van der Waals surface area contributed by atoms with Crippen LogP contribution in [0.15, 0.2) is 36.9 Å². The summed E-state index contributed by atoms with van der Waals surface area (Å²) >= 11 is 0. The van der Waals surface area contributed by atoms with E-state index in [2.05, 4.69) is 19.9 Å². The normalized spacial score (nSPS) is 14.8. The fourth-order valence-electron chi connectivity index (χ4n) is 2.40. The molecule has 22 heavy (non-hydrogen) atoms. The minimum Gasteiger partial charge on any atom is -0.481 e. The van der Waals surface area contributed by atoms with Crippen LogP contribution in [0.2, 0.25) is 0 Å². The predicted octanol–water partition coefficient (Wildman–Crippen LogP) is 0.843. The Bertz CT molecular complexity index is 624. The van der Waals surface area contributed by atoms with Crippen LogP contribution < -0.4 is 9.64 Å². The molecule has 0 unspecified atom stereocenters. The van der Waals surface area contributed by atoms with E-state index in [9.17, 15) is 4.79 Å². The van der Waals surface area contributed by atoms with Crippen molar-refractivity contribution in [1.82, 2.24) is 19.9 Å². The number of rotatable bonds is 3. The van der Waals surface area contributed by atoms with Crippen LogP contribution in [0.3, 0.4) is 0 Å². The molecule has 3 heterocycles. The molecule has 0 saturated carbocycles. The molecule has 1 saturated heterocycles. The molecule has 7 heteroatoms. The molecular formula is C15H17N5O2. The summed E-state index contributed by atoms with van der Waals surface area (Å²) in [6, 6.07) is 3.44. The molecule has 1 amide bonds. The monoisotopic (exact) mass is 299 g/mol. The number of hydrogen-bond donors (Lipinski definition) is 0. The van der Waals surface area contributed by atoms with Crippen molar-refractivity contribution in [3.63, 3.8) is 0 Å². The predicted molar refractivity (Wildman–Crippen MR) is 80.9 cm³/mol. The van der Waals surface area contributed by atoms with E-state index < -0.39 is 0 Å². The third-order valence-corrected chi connectivity index (χ3v) is 3.63. The summed E-state index contributed by atoms with van der Waals surface area (Å²) in [7, 11) is 1.55. The number of nitrogens with zero attached hydrogens (tertiary/aromatic N) is 5. The van der Waals surface area contributed by atoms with Gasteiger partial charge in [0.15, 0.2) is 0 Å². The molecule has 0 aromatic carbocycles. The number of ether oxygens (including phenoxy) is 1. The first-order chi connectivity index (χ1) is 10.8. The largest absolute Gasteiger partial charge is 0.481 e. The van der Waals surface area contributed by atoms with E-state index in [0.717, 1.165) is 18.9 Å². The maximum atomic E-state index is 12.4. The zero-order valence-electron chi connectivity index (χ0n) is 12.3. The lowest BCUT2D eigenvalue weighted by Crippen LogP contribution is -2.49. The molecule has 114 valence electrons. The zero-order chi connectivity index (χ0) is 15.4. The van der Waals surface area contributed by atoms with Gasteiger partial charge in [-0.3, -0.25) is 9.78 Å². The molecule has 2 aromatic heterocycles. The van der Waals surface area contributed by atoms with Crippen LogP contribution in [0.25, 0.3) is 0 Å². The topological polar surface area (TPSA) is 71.5 Å². The number of aromatic nitrogens is 3. The second kappa shape index (κ2) is 6.38. The SMILES string of the molecule is COc1ccc(C(=O)N2CCN(c3cnccn3)CC2)cn1. The summed E-state index contributed by atoms with van der Waals surface area (Å²) in [5.41, 5.74) is 0.578. The van der Waals surface area contributed by atoms with Crippen LogP contribution >= 0.6 is 0 Å². The van der Waals surface area contributed by atoms with E-state index in [1.165, 1.54) is 0 Å². The van der Waals surface area contributed by atoms with Gasteiger partial charge in [0.05, 0.1) is 18.9 Å². The lowest BCUT2D eigenvalue weighted by Gasteiger charge is -2.35. The standard InChI is InChI=1S/C15H17N5O2/c1-22-14-3-2-12(10-18-14)15(21)20-8-6-19(7-9-20)13-11-16-4-5-17-13/h2-5,10-11H,6-9H2,1H3. The van der Waals surface area contributed by atoms with Gasteiger partial charge in [0.2, 0.25) is 5.88 Å². The summed E-state index contributed by atoms with van der Waals surface area (Å²) in [6.45, 7) is 2.80. The van der Waals surface area contributed by atoms with Crippen molar-refractivity contribution in [2.24, 2.45) is 0 Å². The highest BCUT2D eigenvalue weighted by Crippen LogP contribution is 2.14. The Labute approximate surface area is 128 Å². The Kier molecular flexibility index (Phi) is 4.13. The Balaban J connectivity index is 1.62. The Morgan fingerprint density at radius 3 is 2.50 bits per heavy atom. The Morgan fingerprint density at radius 1 is 1.09 bits per heavy atom. The average molecular weight is 299 g/mol. The van der Waals surface area contributed by atoms with Crippen molar-refractivity contribution in [2.75, 3.05) is 38.2 Å². The van der Waals surface area contributed by atoms with Crippen LogP contribution in [0.5, 0.6) is 5.88 Å². The number of amides is 1. The van der Waals surface area contributed by atoms with Crippen molar-refractivity contribution in [3.05, 3.63) is 42.5 Å².